The average molecular weight is 902 g/mol. The number of carbonyl (C=O) groups is 4. The third-order valence-corrected chi connectivity index (χ3v) is 14.8. The molecule has 14 nitrogen and oxygen atoms in total. The van der Waals surface area contributed by atoms with Crippen molar-refractivity contribution < 1.29 is 68.1 Å². The van der Waals surface area contributed by atoms with Crippen molar-refractivity contribution in [3.63, 3.8) is 0 Å². The summed E-state index contributed by atoms with van der Waals surface area (Å²) in [6.07, 6.45) is -4.57. The van der Waals surface area contributed by atoms with Crippen LogP contribution in [0.4, 0.5) is 31.1 Å². The van der Waals surface area contributed by atoms with E-state index in [2.05, 4.69) is 20.3 Å². The van der Waals surface area contributed by atoms with Crippen molar-refractivity contribution in [1.29, 1.82) is 0 Å². The largest absolute Gasteiger partial charge is 0.484 e. The third kappa shape index (κ3) is 9.00. The number of alkyl halides is 6. The van der Waals surface area contributed by atoms with Crippen LogP contribution in [0, 0.1) is 12.8 Å². The zero-order valence-electron chi connectivity index (χ0n) is 34.6. The molecule has 1 aromatic carbocycles. The highest BCUT2D eigenvalue weighted by atomic mass is 32.2. The number of alkyl carbamates (subject to hydrolysis) is 1. The molecule has 1 aromatic heterocycles. The van der Waals surface area contributed by atoms with Crippen molar-refractivity contribution >= 4 is 44.7 Å². The molecule has 1 saturated heterocycles. The number of allylic oxidation sites excluding steroid dienone is 1. The van der Waals surface area contributed by atoms with Crippen LogP contribution >= 0.6 is 0 Å². The third-order valence-electron chi connectivity index (χ3n) is 12.7. The van der Waals surface area contributed by atoms with Crippen LogP contribution in [0.5, 0.6) is 11.5 Å². The molecule has 0 radical (unpaired) electrons. The summed E-state index contributed by atoms with van der Waals surface area (Å²) >= 11 is 0. The molecule has 4 heterocycles. The topological polar surface area (TPSA) is 182 Å². The number of rotatable bonds is 7. The van der Waals surface area contributed by atoms with E-state index in [9.17, 15) is 53.9 Å². The molecule has 21 heteroatoms. The van der Waals surface area contributed by atoms with E-state index >= 15 is 0 Å². The van der Waals surface area contributed by atoms with E-state index in [1.165, 1.54) is 25.1 Å². The molecule has 3 N–H and O–H groups in total. The molecule has 0 unspecified atom stereocenters. The molecule has 7 rings (SSSR count). The Balaban J connectivity index is 1.23. The molecule has 3 fully saturated rings. The van der Waals surface area contributed by atoms with Gasteiger partial charge in [-0.3, -0.25) is 19.1 Å². The molecule has 4 amide bonds. The number of benzene rings is 1. The Labute approximate surface area is 353 Å². The SMILES string of the molecule is Cc1nc2ccc(OCC(F)(F)F)cc2c2c1O[C@]1(CC2)C[C@H]2C(=O)N[C@]3(C(=O)NS(=O)(=O)C4(C)CC4)C[C@H]3/C=C\CCCCC[C@H](NC(=O)OC(C)(C)C(F)(F)F)C(=O)N2C1. The van der Waals surface area contributed by atoms with E-state index in [-0.39, 0.29) is 50.1 Å². The van der Waals surface area contributed by atoms with Gasteiger partial charge in [0.25, 0.3) is 5.91 Å². The second kappa shape index (κ2) is 15.8. The number of halogens is 6. The van der Waals surface area contributed by atoms with Crippen LogP contribution in [0.1, 0.15) is 96.2 Å². The second-order valence-electron chi connectivity index (χ2n) is 17.9. The lowest BCUT2D eigenvalue weighted by atomic mass is 9.87. The Hall–Kier alpha value is -4.82. The zero-order chi connectivity index (χ0) is 45.3. The molecule has 2 aromatic rings. The van der Waals surface area contributed by atoms with Crippen LogP contribution in [0.25, 0.3) is 10.9 Å². The lowest BCUT2D eigenvalue weighted by Crippen LogP contribution is -2.59. The first kappa shape index (κ1) is 45.2. The van der Waals surface area contributed by atoms with Gasteiger partial charge in [0.05, 0.1) is 22.5 Å². The predicted molar refractivity (Wildman–Crippen MR) is 209 cm³/mol. The summed E-state index contributed by atoms with van der Waals surface area (Å²) in [7, 11) is -4.13. The summed E-state index contributed by atoms with van der Waals surface area (Å²) in [5.41, 5.74) is -4.48. The van der Waals surface area contributed by atoms with Crippen LogP contribution in [-0.4, -0.2) is 101 Å². The smallest absolute Gasteiger partial charge is 0.427 e. The molecule has 2 aliphatic carbocycles. The van der Waals surface area contributed by atoms with Gasteiger partial charge in [0.15, 0.2) is 6.61 Å². The quantitative estimate of drug-likeness (QED) is 0.221. The van der Waals surface area contributed by atoms with E-state index in [0.29, 0.717) is 74.5 Å². The Morgan fingerprint density at radius 2 is 1.77 bits per heavy atom. The minimum atomic E-state index is -4.95. The maximum absolute atomic E-state index is 14.7. The summed E-state index contributed by atoms with van der Waals surface area (Å²) in [6, 6.07) is 1.44. The Kier molecular flexibility index (Phi) is 11.5. The second-order valence-corrected chi connectivity index (χ2v) is 20.1. The van der Waals surface area contributed by atoms with Crippen molar-refractivity contribution in [3.05, 3.63) is 41.6 Å². The van der Waals surface area contributed by atoms with Crippen molar-refractivity contribution in [2.45, 2.75) is 144 Å². The van der Waals surface area contributed by atoms with Gasteiger partial charge in [-0.25, -0.2) is 18.2 Å². The predicted octanol–water partition coefficient (Wildman–Crippen LogP) is 5.98. The number of hydrogen-bond donors (Lipinski definition) is 3. The number of nitrogens with zero attached hydrogens (tertiary/aromatic N) is 2. The standard InChI is InChI=1S/C41H49F6N5O9S/c1-23-31-26(27-18-25(12-13-28(27)48-23)59-22-40(42,43)44)14-15-38(60-31)20-30-32(53)50-39(34(55)51-62(57,58)37(4)16-17-37)19-24(39)10-8-6-5-7-9-11-29(33(54)52(30)21-38)49-35(56)61-36(2,3)41(45,46)47/h8,10,12-13,18,24,29-30H,5-7,9,11,14-17,19-22H2,1-4H3,(H,49,56)(H,50,53)(H,51,55)/b10-8-/t24-,29+,30+,38-,39-/m1/s1. The lowest BCUT2D eigenvalue weighted by molar-refractivity contribution is -0.244. The summed E-state index contributed by atoms with van der Waals surface area (Å²) in [5, 5.41) is 5.54. The van der Waals surface area contributed by atoms with Crippen LogP contribution in [0.15, 0.2) is 30.4 Å². The number of hydrogen-bond acceptors (Lipinski definition) is 10. The van der Waals surface area contributed by atoms with E-state index in [0.717, 1.165) is 4.90 Å². The average Bonchev–Trinajstić information content (AvgIpc) is 4.06. The minimum Gasteiger partial charge on any atom is -0.484 e. The van der Waals surface area contributed by atoms with Gasteiger partial charge in [-0.15, -0.1) is 0 Å². The van der Waals surface area contributed by atoms with Gasteiger partial charge in [-0.1, -0.05) is 25.0 Å². The fraction of sp³-hybridized carbons (Fsp3) is 0.634. The first-order valence-electron chi connectivity index (χ1n) is 20.5. The number of aryl methyl sites for hydroxylation is 2. The first-order valence-corrected chi connectivity index (χ1v) is 22.0. The summed E-state index contributed by atoms with van der Waals surface area (Å²) in [4.78, 5) is 62.1. The van der Waals surface area contributed by atoms with Crippen molar-refractivity contribution in [3.8, 4) is 11.5 Å². The van der Waals surface area contributed by atoms with Gasteiger partial charge in [0, 0.05) is 23.3 Å². The number of carbonyl (C=O) groups excluding carboxylic acids is 4. The first-order chi connectivity index (χ1) is 28.8. The molecule has 5 atom stereocenters. The van der Waals surface area contributed by atoms with Crippen molar-refractivity contribution in [1.82, 2.24) is 25.2 Å². The van der Waals surface area contributed by atoms with Crippen molar-refractivity contribution in [2.24, 2.45) is 5.92 Å². The van der Waals surface area contributed by atoms with Gasteiger partial charge in [0.1, 0.15) is 34.7 Å². The molecular formula is C41H49F6N5O9S. The number of amides is 4. The summed E-state index contributed by atoms with van der Waals surface area (Å²) < 4.78 is 124. The number of pyridine rings is 1. The molecule has 2 saturated carbocycles. The van der Waals surface area contributed by atoms with Crippen LogP contribution in [-0.2, 0) is 35.6 Å². The monoisotopic (exact) mass is 901 g/mol. The normalized spacial score (nSPS) is 28.2. The van der Waals surface area contributed by atoms with Crippen molar-refractivity contribution in [2.75, 3.05) is 13.2 Å². The molecule has 62 heavy (non-hydrogen) atoms. The number of sulfonamides is 1. The number of ether oxygens (including phenoxy) is 3. The highest BCUT2D eigenvalue weighted by Gasteiger charge is 2.64. The van der Waals surface area contributed by atoms with E-state index in [1.54, 1.807) is 13.0 Å². The summed E-state index contributed by atoms with van der Waals surface area (Å²) in [5.74, 6) is -2.99. The minimum absolute atomic E-state index is 0.0367. The number of aromatic nitrogens is 1. The van der Waals surface area contributed by atoms with E-state index < -0.39 is 92.3 Å². The molecule has 340 valence electrons. The highest BCUT2D eigenvalue weighted by molar-refractivity contribution is 7.91. The van der Waals surface area contributed by atoms with Gasteiger partial charge < -0.3 is 29.7 Å². The van der Waals surface area contributed by atoms with E-state index in [4.69, 9.17) is 14.2 Å². The molecular weight excluding hydrogens is 853 g/mol. The summed E-state index contributed by atoms with van der Waals surface area (Å²) in [6.45, 7) is 2.69. The van der Waals surface area contributed by atoms with E-state index in [1.807, 2.05) is 6.08 Å². The highest BCUT2D eigenvalue weighted by Crippen LogP contribution is 2.49. The van der Waals surface area contributed by atoms with Gasteiger partial charge in [0.2, 0.25) is 27.4 Å². The van der Waals surface area contributed by atoms with Gasteiger partial charge in [-0.2, -0.15) is 26.3 Å². The molecule has 1 spiro atoms. The zero-order valence-corrected chi connectivity index (χ0v) is 35.4. The molecule has 0 bridgehead atoms. The molecule has 3 aliphatic heterocycles. The number of nitrogens with one attached hydrogen (secondary N) is 3. The van der Waals surface area contributed by atoms with Gasteiger partial charge in [-0.05, 0) is 97.3 Å². The Bertz CT molecular complexity index is 2300. The fourth-order valence-electron chi connectivity index (χ4n) is 8.39. The fourth-order valence-corrected chi connectivity index (χ4v) is 9.70. The lowest BCUT2D eigenvalue weighted by Gasteiger charge is -2.37. The maximum Gasteiger partial charge on any atom is 0.427 e. The van der Waals surface area contributed by atoms with Gasteiger partial charge >= 0.3 is 18.4 Å². The van der Waals surface area contributed by atoms with Crippen LogP contribution < -0.4 is 24.8 Å². The number of fused-ring (bicyclic) bond motifs is 5. The molecule has 5 aliphatic rings. The Morgan fingerprint density at radius 3 is 2.45 bits per heavy atom. The Morgan fingerprint density at radius 1 is 1.05 bits per heavy atom. The van der Waals surface area contributed by atoms with Crippen LogP contribution in [0.2, 0.25) is 0 Å². The maximum atomic E-state index is 14.7. The van der Waals surface area contributed by atoms with Crippen LogP contribution in [0.3, 0.4) is 0 Å².